The molecule has 0 saturated heterocycles. The summed E-state index contributed by atoms with van der Waals surface area (Å²) in [5, 5.41) is 2.77. The molecule has 4 rings (SSSR count). The van der Waals surface area contributed by atoms with E-state index in [2.05, 4.69) is 5.32 Å². The van der Waals surface area contributed by atoms with E-state index in [1.54, 1.807) is 110 Å². The van der Waals surface area contributed by atoms with Gasteiger partial charge >= 0.3 is 5.97 Å². The molecular weight excluding hydrogens is 488 g/mol. The van der Waals surface area contributed by atoms with Gasteiger partial charge in [-0.1, -0.05) is 54.6 Å². The summed E-state index contributed by atoms with van der Waals surface area (Å²) < 4.78 is 33.3. The summed E-state index contributed by atoms with van der Waals surface area (Å²) in [6.07, 6.45) is 0. The van der Waals surface area contributed by atoms with Gasteiger partial charge in [0.1, 0.15) is 0 Å². The molecule has 0 unspecified atom stereocenters. The number of anilines is 2. The first kappa shape index (κ1) is 25.7. The molecule has 4 aromatic rings. The monoisotopic (exact) mass is 514 g/mol. The van der Waals surface area contributed by atoms with Gasteiger partial charge in [-0.3, -0.25) is 9.10 Å². The molecule has 0 heterocycles. The Morgan fingerprint density at radius 1 is 0.784 bits per heavy atom. The van der Waals surface area contributed by atoms with E-state index >= 15 is 0 Å². The molecule has 0 aliphatic rings. The van der Waals surface area contributed by atoms with Crippen molar-refractivity contribution in [1.82, 2.24) is 0 Å². The summed E-state index contributed by atoms with van der Waals surface area (Å²) in [5.74, 6) is -0.819. The first-order valence-corrected chi connectivity index (χ1v) is 13.1. The maximum absolute atomic E-state index is 13.5. The summed E-state index contributed by atoms with van der Waals surface area (Å²) in [7, 11) is -3.82. The van der Waals surface area contributed by atoms with E-state index in [9.17, 15) is 18.0 Å². The van der Waals surface area contributed by atoms with Gasteiger partial charge in [0.05, 0.1) is 29.3 Å². The van der Waals surface area contributed by atoms with E-state index in [-0.39, 0.29) is 24.0 Å². The van der Waals surface area contributed by atoms with Crippen LogP contribution < -0.4 is 9.62 Å². The highest BCUT2D eigenvalue weighted by molar-refractivity contribution is 7.92. The highest BCUT2D eigenvalue weighted by Crippen LogP contribution is 2.26. The summed E-state index contributed by atoms with van der Waals surface area (Å²) in [4.78, 5) is 24.9. The maximum Gasteiger partial charge on any atom is 0.338 e. The Balaban J connectivity index is 1.53. The van der Waals surface area contributed by atoms with Gasteiger partial charge in [0, 0.05) is 11.3 Å². The Hall–Kier alpha value is -4.43. The van der Waals surface area contributed by atoms with E-state index in [0.29, 0.717) is 28.1 Å². The van der Waals surface area contributed by atoms with E-state index in [0.717, 1.165) is 0 Å². The summed E-state index contributed by atoms with van der Waals surface area (Å²) in [6.45, 7) is 2.07. The van der Waals surface area contributed by atoms with Crippen LogP contribution in [0.1, 0.15) is 33.2 Å². The molecule has 0 aromatic heterocycles. The fourth-order valence-electron chi connectivity index (χ4n) is 3.70. The molecule has 0 aliphatic carbocycles. The van der Waals surface area contributed by atoms with Crippen molar-refractivity contribution in [2.75, 3.05) is 16.2 Å². The van der Waals surface area contributed by atoms with Gasteiger partial charge in [-0.15, -0.1) is 0 Å². The molecule has 0 radical (unpaired) electrons. The number of hydrogen-bond donors (Lipinski definition) is 1. The first-order chi connectivity index (χ1) is 17.9. The van der Waals surface area contributed by atoms with Crippen LogP contribution in [0.4, 0.5) is 11.4 Å². The predicted octanol–water partition coefficient (Wildman–Crippen LogP) is 5.51. The molecule has 8 heteroatoms. The number of ether oxygens (including phenoxy) is 1. The fraction of sp³-hybridized carbons (Fsp3) is 0.103. The van der Waals surface area contributed by atoms with Crippen molar-refractivity contribution in [1.29, 1.82) is 0 Å². The average Bonchev–Trinajstić information content (AvgIpc) is 2.93. The lowest BCUT2D eigenvalue weighted by Crippen LogP contribution is -2.30. The van der Waals surface area contributed by atoms with Crippen molar-refractivity contribution in [3.8, 4) is 0 Å². The molecule has 4 aromatic carbocycles. The van der Waals surface area contributed by atoms with Gasteiger partial charge in [0.15, 0.2) is 0 Å². The minimum Gasteiger partial charge on any atom is -0.462 e. The standard InChI is InChI=1S/C29H26N2O5S/c1-2-36-29(33)24-10-9-11-25(20-24)30-28(32)23-18-16-22(17-19-23)21-31(26-12-5-3-6-13-26)37(34,35)27-14-7-4-8-15-27/h3-20H,2,21H2,1H3,(H,30,32). The number of nitrogens with zero attached hydrogens (tertiary/aromatic N) is 1. The lowest BCUT2D eigenvalue weighted by molar-refractivity contribution is 0.0526. The highest BCUT2D eigenvalue weighted by atomic mass is 32.2. The number of carbonyl (C=O) groups is 2. The van der Waals surface area contributed by atoms with Crippen molar-refractivity contribution in [2.24, 2.45) is 0 Å². The van der Waals surface area contributed by atoms with Crippen LogP contribution in [0.15, 0.2) is 114 Å². The molecule has 0 aliphatic heterocycles. The van der Waals surface area contributed by atoms with E-state index in [4.69, 9.17) is 4.74 Å². The Labute approximate surface area is 216 Å². The second-order valence-electron chi connectivity index (χ2n) is 8.11. The minimum absolute atomic E-state index is 0.0880. The van der Waals surface area contributed by atoms with Gasteiger partial charge in [-0.25, -0.2) is 13.2 Å². The fourth-order valence-corrected chi connectivity index (χ4v) is 5.17. The second kappa shape index (κ2) is 11.5. The third-order valence-corrected chi connectivity index (χ3v) is 7.34. The molecule has 0 saturated carbocycles. The van der Waals surface area contributed by atoms with Crippen LogP contribution in [0.2, 0.25) is 0 Å². The van der Waals surface area contributed by atoms with E-state index in [1.165, 1.54) is 4.31 Å². The largest absolute Gasteiger partial charge is 0.462 e. The zero-order valence-corrected chi connectivity index (χ0v) is 21.0. The molecule has 37 heavy (non-hydrogen) atoms. The van der Waals surface area contributed by atoms with Crippen LogP contribution in [0.25, 0.3) is 0 Å². The number of sulfonamides is 1. The zero-order chi connectivity index (χ0) is 26.3. The SMILES string of the molecule is CCOC(=O)c1cccc(NC(=O)c2ccc(CN(c3ccccc3)S(=O)(=O)c3ccccc3)cc2)c1. The Bertz CT molecular complexity index is 1470. The number of amides is 1. The highest BCUT2D eigenvalue weighted by Gasteiger charge is 2.25. The van der Waals surface area contributed by atoms with Crippen molar-refractivity contribution < 1.29 is 22.7 Å². The Kier molecular flexibility index (Phi) is 8.00. The van der Waals surface area contributed by atoms with Crippen LogP contribution in [0.3, 0.4) is 0 Å². The summed E-state index contributed by atoms with van der Waals surface area (Å²) in [6, 6.07) is 30.4. The van der Waals surface area contributed by atoms with Crippen LogP contribution in [-0.4, -0.2) is 26.9 Å². The Morgan fingerprint density at radius 2 is 1.43 bits per heavy atom. The normalized spacial score (nSPS) is 10.9. The van der Waals surface area contributed by atoms with E-state index in [1.807, 2.05) is 6.07 Å². The zero-order valence-electron chi connectivity index (χ0n) is 20.2. The van der Waals surface area contributed by atoms with Crippen LogP contribution in [0.5, 0.6) is 0 Å². The number of para-hydroxylation sites is 1. The van der Waals surface area contributed by atoms with E-state index < -0.39 is 16.0 Å². The van der Waals surface area contributed by atoms with Crippen LogP contribution in [-0.2, 0) is 21.3 Å². The molecule has 0 spiro atoms. The second-order valence-corrected chi connectivity index (χ2v) is 9.97. The van der Waals surface area contributed by atoms with Crippen LogP contribution >= 0.6 is 0 Å². The van der Waals surface area contributed by atoms with Crippen molar-refractivity contribution in [2.45, 2.75) is 18.4 Å². The third kappa shape index (κ3) is 6.23. The van der Waals surface area contributed by atoms with Gasteiger partial charge < -0.3 is 10.1 Å². The molecule has 7 nitrogen and oxygen atoms in total. The average molecular weight is 515 g/mol. The van der Waals surface area contributed by atoms with Gasteiger partial charge in [-0.2, -0.15) is 0 Å². The molecule has 0 atom stereocenters. The summed E-state index contributed by atoms with van der Waals surface area (Å²) >= 11 is 0. The number of rotatable bonds is 9. The molecular formula is C29H26N2O5S. The predicted molar refractivity (Wildman–Crippen MR) is 143 cm³/mol. The molecule has 0 bridgehead atoms. The van der Waals surface area contributed by atoms with Gasteiger partial charge in [0.2, 0.25) is 0 Å². The number of hydrogen-bond acceptors (Lipinski definition) is 5. The van der Waals surface area contributed by atoms with Crippen molar-refractivity contribution in [3.63, 3.8) is 0 Å². The maximum atomic E-state index is 13.5. The Morgan fingerprint density at radius 3 is 2.08 bits per heavy atom. The first-order valence-electron chi connectivity index (χ1n) is 11.7. The number of nitrogens with one attached hydrogen (secondary N) is 1. The van der Waals surface area contributed by atoms with Crippen LogP contribution in [0, 0.1) is 0 Å². The molecule has 1 N–H and O–H groups in total. The topological polar surface area (TPSA) is 92.8 Å². The van der Waals surface area contributed by atoms with Gasteiger partial charge in [0.25, 0.3) is 15.9 Å². The molecule has 188 valence electrons. The minimum atomic E-state index is -3.82. The lowest BCUT2D eigenvalue weighted by atomic mass is 10.1. The number of carbonyl (C=O) groups excluding carboxylic acids is 2. The van der Waals surface area contributed by atoms with Crippen molar-refractivity contribution in [3.05, 3.63) is 126 Å². The smallest absolute Gasteiger partial charge is 0.338 e. The summed E-state index contributed by atoms with van der Waals surface area (Å²) in [5.41, 5.74) is 2.45. The lowest BCUT2D eigenvalue weighted by Gasteiger charge is -2.25. The number of esters is 1. The quantitative estimate of drug-likeness (QED) is 0.297. The molecule has 0 fully saturated rings. The third-order valence-electron chi connectivity index (χ3n) is 5.55. The van der Waals surface area contributed by atoms with Gasteiger partial charge in [-0.05, 0) is 67.1 Å². The molecule has 1 amide bonds. The number of benzene rings is 4. The van der Waals surface area contributed by atoms with Crippen molar-refractivity contribution >= 4 is 33.3 Å².